The Bertz CT molecular complexity index is 601. The first-order valence-corrected chi connectivity index (χ1v) is 11.1. The van der Waals surface area contributed by atoms with Gasteiger partial charge in [0.1, 0.15) is 0 Å². The van der Waals surface area contributed by atoms with E-state index >= 15 is 0 Å². The third-order valence-electron chi connectivity index (χ3n) is 4.88. The lowest BCUT2D eigenvalue weighted by atomic mass is 10.0. The summed E-state index contributed by atoms with van der Waals surface area (Å²) in [5.74, 6) is 0.421. The maximum Gasteiger partial charge on any atom is 0.315 e. The van der Waals surface area contributed by atoms with Gasteiger partial charge in [-0.05, 0) is 25.7 Å². The second kappa shape index (κ2) is 11.4. The van der Waals surface area contributed by atoms with Crippen LogP contribution < -0.4 is 27.4 Å². The molecular weight excluding hydrogens is 404 g/mol. The number of Topliss-reactive ketones (excluding diaryl/α,β-unsaturated/α-hetero) is 1. The van der Waals surface area contributed by atoms with E-state index in [1.807, 2.05) is 11.8 Å². The molecule has 0 aromatic rings. The number of fused-ring (bicyclic) bond motifs is 1. The number of nitrogens with one attached hydrogen (secondary N) is 3. The molecule has 0 radical (unpaired) electrons. The molecule has 4 atom stereocenters. The van der Waals surface area contributed by atoms with Crippen molar-refractivity contribution in [1.82, 2.24) is 16.0 Å². The zero-order valence-corrected chi connectivity index (χ0v) is 17.4. The fourth-order valence-electron chi connectivity index (χ4n) is 3.45. The Morgan fingerprint density at radius 3 is 2.79 bits per heavy atom. The second-order valence-corrected chi connectivity index (χ2v) is 8.58. The van der Waals surface area contributed by atoms with Crippen LogP contribution in [-0.4, -0.2) is 65.2 Å². The topological polar surface area (TPSA) is 152 Å². The molecule has 158 valence electrons. The smallest absolute Gasteiger partial charge is 0.315 e. The number of thioether (sulfide) groups is 1. The number of nitrogens with zero attached hydrogens (tertiary/aromatic N) is 1. The van der Waals surface area contributed by atoms with Crippen molar-refractivity contribution in [3.05, 3.63) is 0 Å². The van der Waals surface area contributed by atoms with Crippen LogP contribution in [0.3, 0.4) is 0 Å². The highest BCUT2D eigenvalue weighted by Gasteiger charge is 2.42. The molecule has 0 aromatic heterocycles. The summed E-state index contributed by atoms with van der Waals surface area (Å²) in [5.41, 5.74) is 10.5. The number of carbonyl (C=O) groups excluding carboxylic acids is 3. The first-order valence-electron chi connectivity index (χ1n) is 9.52. The van der Waals surface area contributed by atoms with Gasteiger partial charge in [0.15, 0.2) is 11.7 Å². The lowest BCUT2D eigenvalue weighted by Gasteiger charge is -2.17. The van der Waals surface area contributed by atoms with Gasteiger partial charge < -0.3 is 27.4 Å². The van der Waals surface area contributed by atoms with Gasteiger partial charge in [-0.15, -0.1) is 11.6 Å². The third-order valence-corrected chi connectivity index (χ3v) is 6.65. The van der Waals surface area contributed by atoms with Gasteiger partial charge in [0.25, 0.3) is 0 Å². The van der Waals surface area contributed by atoms with Crippen LogP contribution in [0.25, 0.3) is 0 Å². The number of carbonyl (C=O) groups is 3. The molecule has 9 nitrogen and oxygen atoms in total. The van der Waals surface area contributed by atoms with Crippen LogP contribution in [0.4, 0.5) is 4.79 Å². The monoisotopic (exact) mass is 432 g/mol. The number of ketones is 1. The highest BCUT2D eigenvalue weighted by molar-refractivity contribution is 8.00. The van der Waals surface area contributed by atoms with Gasteiger partial charge >= 0.3 is 6.03 Å². The summed E-state index contributed by atoms with van der Waals surface area (Å²) in [7, 11) is 0. The Hall–Kier alpha value is -1.68. The number of nitrogens with two attached hydrogens (primary N) is 2. The number of rotatable bonds is 12. The minimum absolute atomic E-state index is 0.00366. The van der Waals surface area contributed by atoms with Crippen molar-refractivity contribution in [2.45, 2.75) is 61.9 Å². The predicted molar refractivity (Wildman–Crippen MR) is 112 cm³/mol. The molecule has 0 aromatic carbocycles. The van der Waals surface area contributed by atoms with Crippen LogP contribution in [-0.2, 0) is 9.59 Å². The largest absolute Gasteiger partial charge is 0.370 e. The third kappa shape index (κ3) is 7.05. The molecule has 2 heterocycles. The van der Waals surface area contributed by atoms with Gasteiger partial charge in [-0.25, -0.2) is 4.79 Å². The molecule has 28 heavy (non-hydrogen) atoms. The molecule has 0 spiro atoms. The zero-order chi connectivity index (χ0) is 20.5. The summed E-state index contributed by atoms with van der Waals surface area (Å²) in [6.45, 7) is 0.400. The Labute approximate surface area is 174 Å². The van der Waals surface area contributed by atoms with Crippen molar-refractivity contribution in [2.75, 3.05) is 18.2 Å². The first kappa shape index (κ1) is 22.6. The predicted octanol–water partition coefficient (Wildman–Crippen LogP) is 0.0585. The van der Waals surface area contributed by atoms with Crippen molar-refractivity contribution < 1.29 is 14.4 Å². The van der Waals surface area contributed by atoms with Gasteiger partial charge in [0, 0.05) is 24.0 Å². The lowest BCUT2D eigenvalue weighted by Crippen LogP contribution is -2.41. The highest BCUT2D eigenvalue weighted by atomic mass is 35.5. The molecule has 0 unspecified atom stereocenters. The van der Waals surface area contributed by atoms with E-state index in [1.165, 1.54) is 0 Å². The summed E-state index contributed by atoms with van der Waals surface area (Å²) < 4.78 is 0. The van der Waals surface area contributed by atoms with E-state index < -0.39 is 6.04 Å². The molecule has 2 rings (SSSR count). The minimum Gasteiger partial charge on any atom is -0.370 e. The number of amides is 3. The molecule has 2 fully saturated rings. The van der Waals surface area contributed by atoms with E-state index in [2.05, 4.69) is 20.9 Å². The maximum atomic E-state index is 12.2. The van der Waals surface area contributed by atoms with E-state index in [1.54, 1.807) is 0 Å². The molecular formula is C17H29ClN6O3S. The van der Waals surface area contributed by atoms with Crippen LogP contribution in [0.5, 0.6) is 0 Å². The van der Waals surface area contributed by atoms with Crippen LogP contribution in [0.15, 0.2) is 4.99 Å². The minimum atomic E-state index is -0.606. The molecule has 2 aliphatic heterocycles. The average molecular weight is 433 g/mol. The fraction of sp³-hybridized carbons (Fsp3) is 0.765. The van der Waals surface area contributed by atoms with E-state index in [0.717, 1.165) is 25.0 Å². The molecule has 2 aliphatic rings. The summed E-state index contributed by atoms with van der Waals surface area (Å²) in [4.78, 5) is 39.4. The van der Waals surface area contributed by atoms with Crippen LogP contribution in [0.1, 0.15) is 38.5 Å². The quantitative estimate of drug-likeness (QED) is 0.0966. The summed E-state index contributed by atoms with van der Waals surface area (Å²) in [6.07, 6.45) is 3.95. The molecule has 11 heteroatoms. The number of urea groups is 1. The Morgan fingerprint density at radius 2 is 2.07 bits per heavy atom. The number of unbranched alkanes of at least 4 members (excludes halogenated alkanes) is 1. The van der Waals surface area contributed by atoms with Crippen molar-refractivity contribution in [3.8, 4) is 0 Å². The standard InChI is InChI=1S/C17H29ClN6O3S/c18-8-12(25)10(4-3-7-21-16(19)20)22-14(26)6-2-1-5-13-15-11(9-28-13)23-17(27)24-15/h10-11,13,15H,1-9H2,(H,22,26)(H4,19,20,21)(H2,23,24,27)/t10-,11+,13+,15+/m1/s1. The van der Waals surface area contributed by atoms with Crippen LogP contribution >= 0.6 is 23.4 Å². The number of alkyl halides is 1. The van der Waals surface area contributed by atoms with E-state index in [9.17, 15) is 14.4 Å². The summed E-state index contributed by atoms with van der Waals surface area (Å²) in [6, 6.07) is -0.297. The maximum absolute atomic E-state index is 12.2. The van der Waals surface area contributed by atoms with Crippen molar-refractivity contribution >= 4 is 47.0 Å². The average Bonchev–Trinajstić information content (AvgIpc) is 3.19. The van der Waals surface area contributed by atoms with Gasteiger partial charge in [-0.3, -0.25) is 14.6 Å². The Morgan fingerprint density at radius 1 is 1.29 bits per heavy atom. The summed E-state index contributed by atoms with van der Waals surface area (Å²) in [5, 5.41) is 9.04. The van der Waals surface area contributed by atoms with E-state index in [4.69, 9.17) is 23.1 Å². The number of hydrogen-bond acceptors (Lipinski definition) is 5. The second-order valence-electron chi connectivity index (χ2n) is 7.04. The molecule has 2 saturated heterocycles. The van der Waals surface area contributed by atoms with E-state index in [0.29, 0.717) is 31.1 Å². The van der Waals surface area contributed by atoms with Crippen molar-refractivity contribution in [3.63, 3.8) is 0 Å². The Kier molecular flexibility index (Phi) is 9.17. The number of guanidine groups is 1. The molecule has 0 saturated carbocycles. The van der Waals surface area contributed by atoms with Crippen molar-refractivity contribution in [2.24, 2.45) is 16.5 Å². The normalized spacial score (nSPS) is 24.0. The van der Waals surface area contributed by atoms with Crippen LogP contribution in [0, 0.1) is 0 Å². The highest BCUT2D eigenvalue weighted by Crippen LogP contribution is 2.33. The lowest BCUT2D eigenvalue weighted by molar-refractivity contribution is -0.127. The fourth-order valence-corrected chi connectivity index (χ4v) is 5.18. The zero-order valence-electron chi connectivity index (χ0n) is 15.8. The SMILES string of the molecule is NC(N)=NCCC[C@@H](NC(=O)CCCC[C@@H]1SC[C@@H]2NC(=O)N[C@@H]21)C(=O)CCl. The number of hydrogen-bond donors (Lipinski definition) is 5. The Balaban J connectivity index is 1.65. The first-order chi connectivity index (χ1) is 13.4. The number of halogens is 1. The molecule has 0 bridgehead atoms. The molecule has 7 N–H and O–H groups in total. The van der Waals surface area contributed by atoms with Gasteiger partial charge in [0.2, 0.25) is 5.91 Å². The molecule has 0 aliphatic carbocycles. The molecule has 3 amide bonds. The van der Waals surface area contributed by atoms with Gasteiger partial charge in [-0.2, -0.15) is 11.8 Å². The van der Waals surface area contributed by atoms with Gasteiger partial charge in [-0.1, -0.05) is 6.42 Å². The van der Waals surface area contributed by atoms with Crippen molar-refractivity contribution in [1.29, 1.82) is 0 Å². The van der Waals surface area contributed by atoms with Gasteiger partial charge in [0.05, 0.1) is 24.0 Å². The number of aliphatic imine (C=N–C) groups is 1. The van der Waals surface area contributed by atoms with Crippen LogP contribution in [0.2, 0.25) is 0 Å². The summed E-state index contributed by atoms with van der Waals surface area (Å²) >= 11 is 7.50. The van der Waals surface area contributed by atoms with E-state index in [-0.39, 0.29) is 41.6 Å².